The fraction of sp³-hybridized carbons (Fsp3) is 0.562. The summed E-state index contributed by atoms with van der Waals surface area (Å²) < 4.78 is 13.0. The highest BCUT2D eigenvalue weighted by atomic mass is 35.5. The molecular weight excluding hydrogens is 291 g/mol. The van der Waals surface area contributed by atoms with Gasteiger partial charge < -0.3 is 4.90 Å². The molecule has 21 heavy (non-hydrogen) atoms. The highest BCUT2D eigenvalue weighted by Crippen LogP contribution is 2.21. The van der Waals surface area contributed by atoms with Gasteiger partial charge in [0.2, 0.25) is 5.91 Å². The number of hydrogen-bond donors (Lipinski definition) is 0. The van der Waals surface area contributed by atoms with Crippen molar-refractivity contribution in [2.75, 3.05) is 26.2 Å². The summed E-state index contributed by atoms with van der Waals surface area (Å²) >= 11 is 6.06. The molecule has 0 bridgehead atoms. The second-order valence-electron chi connectivity index (χ2n) is 6.55. The van der Waals surface area contributed by atoms with E-state index in [0.717, 1.165) is 31.7 Å². The molecule has 5 heteroatoms. The van der Waals surface area contributed by atoms with Gasteiger partial charge in [-0.1, -0.05) is 38.4 Å². The van der Waals surface area contributed by atoms with Gasteiger partial charge in [0.25, 0.3) is 0 Å². The number of hydrogen-bond acceptors (Lipinski definition) is 2. The molecule has 3 nitrogen and oxygen atoms in total. The molecule has 0 spiro atoms. The first-order valence-electron chi connectivity index (χ1n) is 7.23. The average molecular weight is 313 g/mol. The lowest BCUT2D eigenvalue weighted by atomic mass is 9.94. The number of carbonyl (C=O) groups is 1. The van der Waals surface area contributed by atoms with Crippen LogP contribution in [-0.4, -0.2) is 41.9 Å². The maximum absolute atomic E-state index is 13.0. The maximum atomic E-state index is 13.0. The molecule has 1 heterocycles. The van der Waals surface area contributed by atoms with Crippen LogP contribution in [0.1, 0.15) is 26.3 Å². The van der Waals surface area contributed by atoms with E-state index in [4.69, 9.17) is 11.6 Å². The second kappa shape index (κ2) is 6.32. The SMILES string of the molecule is CC(C)(C)C(=O)N1CCN(Cc2ccc(F)cc2Cl)CC1. The number of nitrogens with zero attached hydrogens (tertiary/aromatic N) is 2. The Bertz CT molecular complexity index is 519. The van der Waals surface area contributed by atoms with Crippen LogP contribution in [0.5, 0.6) is 0 Å². The molecule has 116 valence electrons. The van der Waals surface area contributed by atoms with Crippen LogP contribution in [0.2, 0.25) is 5.02 Å². The first-order valence-corrected chi connectivity index (χ1v) is 7.61. The third-order valence-electron chi connectivity index (χ3n) is 3.71. The van der Waals surface area contributed by atoms with Gasteiger partial charge in [0.1, 0.15) is 5.82 Å². The number of piperazine rings is 1. The fourth-order valence-corrected chi connectivity index (χ4v) is 2.70. The summed E-state index contributed by atoms with van der Waals surface area (Å²) in [4.78, 5) is 16.4. The van der Waals surface area contributed by atoms with Crippen molar-refractivity contribution in [1.82, 2.24) is 9.80 Å². The van der Waals surface area contributed by atoms with E-state index in [9.17, 15) is 9.18 Å². The number of halogens is 2. The van der Waals surface area contributed by atoms with Crippen LogP contribution < -0.4 is 0 Å². The molecule has 2 rings (SSSR count). The number of benzene rings is 1. The first kappa shape index (κ1) is 16.2. The Morgan fingerprint density at radius 1 is 1.24 bits per heavy atom. The molecular formula is C16H22ClFN2O. The average Bonchev–Trinajstić information content (AvgIpc) is 2.41. The molecule has 0 N–H and O–H groups in total. The minimum atomic E-state index is -0.331. The van der Waals surface area contributed by atoms with E-state index in [1.807, 2.05) is 25.7 Å². The summed E-state index contributed by atoms with van der Waals surface area (Å²) in [5.41, 5.74) is 0.594. The van der Waals surface area contributed by atoms with Crippen LogP contribution in [0.4, 0.5) is 4.39 Å². The van der Waals surface area contributed by atoms with E-state index in [-0.39, 0.29) is 17.1 Å². The molecule has 1 fully saturated rings. The third-order valence-corrected chi connectivity index (χ3v) is 4.06. The number of carbonyl (C=O) groups excluding carboxylic acids is 1. The topological polar surface area (TPSA) is 23.6 Å². The largest absolute Gasteiger partial charge is 0.340 e. The van der Waals surface area contributed by atoms with Crippen molar-refractivity contribution in [2.24, 2.45) is 5.41 Å². The second-order valence-corrected chi connectivity index (χ2v) is 6.96. The normalized spacial score (nSPS) is 17.1. The molecule has 1 amide bonds. The summed E-state index contributed by atoms with van der Waals surface area (Å²) in [5, 5.41) is 0.461. The molecule has 0 unspecified atom stereocenters. The lowest BCUT2D eigenvalue weighted by molar-refractivity contribution is -0.141. The third kappa shape index (κ3) is 4.17. The quantitative estimate of drug-likeness (QED) is 0.837. The smallest absolute Gasteiger partial charge is 0.228 e. The summed E-state index contributed by atoms with van der Waals surface area (Å²) in [6.45, 7) is 9.62. The van der Waals surface area contributed by atoms with Gasteiger partial charge in [0.05, 0.1) is 0 Å². The van der Waals surface area contributed by atoms with Crippen molar-refractivity contribution in [1.29, 1.82) is 0 Å². The summed E-state index contributed by atoms with van der Waals surface area (Å²) in [5.74, 6) is -0.119. The van der Waals surface area contributed by atoms with Crippen LogP contribution in [0.3, 0.4) is 0 Å². The van der Waals surface area contributed by atoms with Gasteiger partial charge in [-0.25, -0.2) is 4.39 Å². The molecule has 1 aliphatic rings. The Hall–Kier alpha value is -1.13. The molecule has 1 aromatic carbocycles. The minimum Gasteiger partial charge on any atom is -0.340 e. The predicted molar refractivity (Wildman–Crippen MR) is 82.7 cm³/mol. The standard InChI is InChI=1S/C16H22ClFN2O/c1-16(2,3)15(21)20-8-6-19(7-9-20)11-12-4-5-13(18)10-14(12)17/h4-5,10H,6-9,11H2,1-3H3. The molecule has 0 radical (unpaired) electrons. The van der Waals surface area contributed by atoms with Crippen LogP contribution in [0, 0.1) is 11.2 Å². The monoisotopic (exact) mass is 312 g/mol. The summed E-state index contributed by atoms with van der Waals surface area (Å²) in [6, 6.07) is 4.50. The van der Waals surface area contributed by atoms with Gasteiger partial charge in [0.15, 0.2) is 0 Å². The molecule has 1 saturated heterocycles. The molecule has 0 atom stereocenters. The molecule has 1 aromatic rings. The van der Waals surface area contributed by atoms with Gasteiger partial charge in [-0.3, -0.25) is 9.69 Å². The van der Waals surface area contributed by atoms with Crippen LogP contribution in [-0.2, 0) is 11.3 Å². The lowest BCUT2D eigenvalue weighted by Gasteiger charge is -2.37. The Balaban J connectivity index is 1.91. The zero-order valence-corrected chi connectivity index (χ0v) is 13.6. The Morgan fingerprint density at radius 2 is 1.86 bits per heavy atom. The van der Waals surface area contributed by atoms with Gasteiger partial charge >= 0.3 is 0 Å². The van der Waals surface area contributed by atoms with Crippen molar-refractivity contribution < 1.29 is 9.18 Å². The van der Waals surface area contributed by atoms with Crippen molar-refractivity contribution >= 4 is 17.5 Å². The maximum Gasteiger partial charge on any atom is 0.228 e. The summed E-state index contributed by atoms with van der Waals surface area (Å²) in [7, 11) is 0. The minimum absolute atomic E-state index is 0.196. The molecule has 0 aliphatic carbocycles. The molecule has 0 aromatic heterocycles. The van der Waals surface area contributed by atoms with Crippen LogP contribution >= 0.6 is 11.6 Å². The van der Waals surface area contributed by atoms with Gasteiger partial charge in [-0.2, -0.15) is 0 Å². The number of amides is 1. The van der Waals surface area contributed by atoms with E-state index in [0.29, 0.717) is 11.6 Å². The van der Waals surface area contributed by atoms with Crippen molar-refractivity contribution in [3.63, 3.8) is 0 Å². The molecule has 0 saturated carbocycles. The van der Waals surface area contributed by atoms with E-state index >= 15 is 0 Å². The van der Waals surface area contributed by atoms with Crippen LogP contribution in [0.25, 0.3) is 0 Å². The van der Waals surface area contributed by atoms with Gasteiger partial charge in [-0.15, -0.1) is 0 Å². The Kier molecular flexibility index (Phi) is 4.89. The van der Waals surface area contributed by atoms with E-state index in [2.05, 4.69) is 4.90 Å². The number of rotatable bonds is 2. The van der Waals surface area contributed by atoms with Gasteiger partial charge in [0, 0.05) is 43.2 Å². The summed E-state index contributed by atoms with van der Waals surface area (Å²) in [6.07, 6.45) is 0. The zero-order valence-electron chi connectivity index (χ0n) is 12.8. The van der Waals surface area contributed by atoms with E-state index in [1.165, 1.54) is 12.1 Å². The lowest BCUT2D eigenvalue weighted by Crippen LogP contribution is -2.51. The van der Waals surface area contributed by atoms with Crippen molar-refractivity contribution in [3.05, 3.63) is 34.6 Å². The van der Waals surface area contributed by atoms with Gasteiger partial charge in [-0.05, 0) is 17.7 Å². The predicted octanol–water partition coefficient (Wildman–Crippen LogP) is 3.17. The van der Waals surface area contributed by atoms with Crippen molar-refractivity contribution in [2.45, 2.75) is 27.3 Å². The van der Waals surface area contributed by atoms with Crippen molar-refractivity contribution in [3.8, 4) is 0 Å². The highest BCUT2D eigenvalue weighted by Gasteiger charge is 2.29. The first-order chi connectivity index (χ1) is 9.77. The van der Waals surface area contributed by atoms with E-state index in [1.54, 1.807) is 6.07 Å². The zero-order chi connectivity index (χ0) is 15.6. The fourth-order valence-electron chi connectivity index (χ4n) is 2.47. The Morgan fingerprint density at radius 3 is 2.38 bits per heavy atom. The molecule has 1 aliphatic heterocycles. The Labute approximate surface area is 130 Å². The van der Waals surface area contributed by atoms with Crippen LogP contribution in [0.15, 0.2) is 18.2 Å². The highest BCUT2D eigenvalue weighted by molar-refractivity contribution is 6.31. The van der Waals surface area contributed by atoms with E-state index < -0.39 is 0 Å².